The number of benzene rings is 2. The Labute approximate surface area is 170 Å². The number of hydrogen-bond donors (Lipinski definition) is 0. The Hall–Kier alpha value is -3.58. The fourth-order valence-corrected chi connectivity index (χ4v) is 3.89. The first-order valence-electron chi connectivity index (χ1n) is 9.07. The number of thiazole rings is 1. The van der Waals surface area contributed by atoms with Crippen molar-refractivity contribution in [3.63, 3.8) is 0 Å². The van der Waals surface area contributed by atoms with Crippen molar-refractivity contribution < 1.29 is 13.9 Å². The summed E-state index contributed by atoms with van der Waals surface area (Å²) in [6.45, 7) is 4.50. The minimum Gasteiger partial charge on any atom is -0.454 e. The molecule has 2 aromatic heterocycles. The summed E-state index contributed by atoms with van der Waals surface area (Å²) in [7, 11) is 0. The molecule has 3 heterocycles. The molecule has 29 heavy (non-hydrogen) atoms. The fraction of sp³-hybridized carbons (Fsp3) is 0.0909. The zero-order valence-corrected chi connectivity index (χ0v) is 16.3. The second kappa shape index (κ2) is 7.44. The van der Waals surface area contributed by atoms with Gasteiger partial charge in [0, 0.05) is 10.8 Å². The summed E-state index contributed by atoms with van der Waals surface area (Å²) in [5.74, 6) is 2.21. The molecule has 6 nitrogen and oxygen atoms in total. The Morgan fingerprint density at radius 1 is 1.10 bits per heavy atom. The van der Waals surface area contributed by atoms with Gasteiger partial charge in [0.05, 0.1) is 12.8 Å². The summed E-state index contributed by atoms with van der Waals surface area (Å²) in [6, 6.07) is 15.7. The average Bonchev–Trinajstić information content (AvgIpc) is 3.47. The largest absolute Gasteiger partial charge is 0.454 e. The maximum atomic E-state index is 6.04. The zero-order chi connectivity index (χ0) is 19.6. The fourth-order valence-electron chi connectivity index (χ4n) is 3.06. The van der Waals surface area contributed by atoms with Crippen LogP contribution in [0.25, 0.3) is 22.4 Å². The van der Waals surface area contributed by atoms with Gasteiger partial charge in [-0.2, -0.15) is 5.10 Å². The number of para-hydroxylation sites is 1. The van der Waals surface area contributed by atoms with Crippen molar-refractivity contribution in [1.29, 1.82) is 0 Å². The summed E-state index contributed by atoms with van der Waals surface area (Å²) in [5, 5.41) is 7.72. The van der Waals surface area contributed by atoms with E-state index in [1.54, 1.807) is 17.0 Å². The monoisotopic (exact) mass is 403 g/mol. The van der Waals surface area contributed by atoms with Gasteiger partial charge in [-0.15, -0.1) is 17.9 Å². The van der Waals surface area contributed by atoms with Gasteiger partial charge in [0.2, 0.25) is 11.6 Å². The van der Waals surface area contributed by atoms with Gasteiger partial charge in [-0.05, 0) is 35.9 Å². The van der Waals surface area contributed by atoms with Crippen LogP contribution in [0.3, 0.4) is 0 Å². The van der Waals surface area contributed by atoms with Crippen molar-refractivity contribution in [3.8, 4) is 23.0 Å². The maximum absolute atomic E-state index is 6.04. The molecule has 144 valence electrons. The van der Waals surface area contributed by atoms with E-state index in [9.17, 15) is 0 Å². The van der Waals surface area contributed by atoms with Crippen LogP contribution in [0.4, 0.5) is 0 Å². The highest BCUT2D eigenvalue weighted by molar-refractivity contribution is 7.07. The molecule has 0 N–H and O–H groups in total. The third-order valence-corrected chi connectivity index (χ3v) is 5.29. The Kier molecular flexibility index (Phi) is 4.50. The first-order chi connectivity index (χ1) is 14.3. The van der Waals surface area contributed by atoms with Crippen molar-refractivity contribution in [3.05, 3.63) is 76.9 Å². The van der Waals surface area contributed by atoms with E-state index >= 15 is 0 Å². The van der Waals surface area contributed by atoms with Gasteiger partial charge in [-0.3, -0.25) is 4.99 Å². The minimum absolute atomic E-state index is 0.246. The van der Waals surface area contributed by atoms with E-state index in [1.807, 2.05) is 53.9 Å². The van der Waals surface area contributed by atoms with Gasteiger partial charge in [-0.1, -0.05) is 24.3 Å². The lowest BCUT2D eigenvalue weighted by Crippen LogP contribution is -2.12. The smallest absolute Gasteiger partial charge is 0.231 e. The molecule has 0 spiro atoms. The number of ether oxygens (including phenoxy) is 2. The SMILES string of the molecule is C=CCN=c1scc(-c2cc3ccccc3o2)n1N=Cc1ccc2c(c1)OCO2. The summed E-state index contributed by atoms with van der Waals surface area (Å²) in [4.78, 5) is 5.32. The van der Waals surface area contributed by atoms with E-state index in [4.69, 9.17) is 13.9 Å². The molecule has 7 heteroatoms. The number of aromatic nitrogens is 1. The number of rotatable bonds is 5. The molecule has 0 fully saturated rings. The third kappa shape index (κ3) is 3.36. The molecule has 1 aliphatic rings. The maximum Gasteiger partial charge on any atom is 0.231 e. The Morgan fingerprint density at radius 2 is 2.00 bits per heavy atom. The molecule has 0 saturated heterocycles. The topological polar surface area (TPSA) is 61.2 Å². The van der Waals surface area contributed by atoms with Crippen LogP contribution in [0.15, 0.2) is 81.1 Å². The zero-order valence-electron chi connectivity index (χ0n) is 15.4. The molecule has 0 radical (unpaired) electrons. The third-order valence-electron chi connectivity index (χ3n) is 4.44. The van der Waals surface area contributed by atoms with Crippen LogP contribution in [-0.2, 0) is 0 Å². The van der Waals surface area contributed by atoms with Gasteiger partial charge >= 0.3 is 0 Å². The van der Waals surface area contributed by atoms with Gasteiger partial charge in [0.25, 0.3) is 0 Å². The van der Waals surface area contributed by atoms with Crippen LogP contribution in [0, 0.1) is 0 Å². The first-order valence-corrected chi connectivity index (χ1v) is 9.95. The molecule has 4 aromatic rings. The number of hydrogen-bond acceptors (Lipinski definition) is 6. The number of nitrogens with zero attached hydrogens (tertiary/aromatic N) is 3. The van der Waals surface area contributed by atoms with Gasteiger partial charge in [-0.25, -0.2) is 4.68 Å². The second-order valence-electron chi connectivity index (χ2n) is 6.35. The minimum atomic E-state index is 0.246. The van der Waals surface area contributed by atoms with E-state index in [1.165, 1.54) is 11.3 Å². The second-order valence-corrected chi connectivity index (χ2v) is 7.19. The van der Waals surface area contributed by atoms with Crippen LogP contribution < -0.4 is 14.3 Å². The van der Waals surface area contributed by atoms with E-state index in [0.29, 0.717) is 6.54 Å². The van der Waals surface area contributed by atoms with Crippen LogP contribution in [0.1, 0.15) is 5.56 Å². The van der Waals surface area contributed by atoms with Crippen molar-refractivity contribution in [2.24, 2.45) is 10.1 Å². The molecule has 0 atom stereocenters. The normalized spacial score (nSPS) is 13.6. The van der Waals surface area contributed by atoms with E-state index in [-0.39, 0.29) is 6.79 Å². The molecule has 0 aliphatic carbocycles. The van der Waals surface area contributed by atoms with Crippen LogP contribution in [0.2, 0.25) is 0 Å². The van der Waals surface area contributed by atoms with Crippen molar-refractivity contribution in [2.45, 2.75) is 0 Å². The highest BCUT2D eigenvalue weighted by Crippen LogP contribution is 2.32. The molecule has 1 aliphatic heterocycles. The summed E-state index contributed by atoms with van der Waals surface area (Å²) in [6.07, 6.45) is 3.53. The standard InChI is InChI=1S/C22H17N3O3S/c1-2-9-23-22-25(24-12-15-7-8-19-21(10-15)27-14-26-19)17(13-29-22)20-11-16-5-3-4-6-18(16)28-20/h2-8,10-13H,1,9,14H2. The molecular formula is C22H17N3O3S. The first kappa shape index (κ1) is 17.5. The van der Waals surface area contributed by atoms with Crippen molar-refractivity contribution in [2.75, 3.05) is 13.3 Å². The highest BCUT2D eigenvalue weighted by atomic mass is 32.1. The predicted molar refractivity (Wildman–Crippen MR) is 114 cm³/mol. The highest BCUT2D eigenvalue weighted by Gasteiger charge is 2.14. The Morgan fingerprint density at radius 3 is 2.90 bits per heavy atom. The summed E-state index contributed by atoms with van der Waals surface area (Å²) < 4.78 is 18.6. The lowest BCUT2D eigenvalue weighted by atomic mass is 10.2. The van der Waals surface area contributed by atoms with Crippen LogP contribution in [-0.4, -0.2) is 24.2 Å². The average molecular weight is 403 g/mol. The number of furan rings is 1. The quantitative estimate of drug-likeness (QED) is 0.360. The van der Waals surface area contributed by atoms with Gasteiger partial charge < -0.3 is 13.9 Å². The lowest BCUT2D eigenvalue weighted by Gasteiger charge is -2.01. The van der Waals surface area contributed by atoms with Crippen LogP contribution >= 0.6 is 11.3 Å². The van der Waals surface area contributed by atoms with Gasteiger partial charge in [0.15, 0.2) is 17.3 Å². The molecule has 0 saturated carbocycles. The predicted octanol–water partition coefficient (Wildman–Crippen LogP) is 4.66. The molecule has 0 bridgehead atoms. The molecule has 5 rings (SSSR count). The Balaban J connectivity index is 1.58. The summed E-state index contributed by atoms with van der Waals surface area (Å²) >= 11 is 1.51. The molecule has 0 amide bonds. The van der Waals surface area contributed by atoms with Crippen molar-refractivity contribution in [1.82, 2.24) is 4.68 Å². The Bertz CT molecular complexity index is 1260. The lowest BCUT2D eigenvalue weighted by molar-refractivity contribution is 0.174. The summed E-state index contributed by atoms with van der Waals surface area (Å²) in [5.41, 5.74) is 2.58. The molecule has 0 unspecified atom stereocenters. The van der Waals surface area contributed by atoms with E-state index in [2.05, 4.69) is 16.7 Å². The van der Waals surface area contributed by atoms with Crippen LogP contribution in [0.5, 0.6) is 11.5 Å². The van der Waals surface area contributed by atoms with E-state index < -0.39 is 0 Å². The number of fused-ring (bicyclic) bond motifs is 2. The molecule has 2 aromatic carbocycles. The van der Waals surface area contributed by atoms with E-state index in [0.717, 1.165) is 44.3 Å². The van der Waals surface area contributed by atoms with Gasteiger partial charge in [0.1, 0.15) is 11.3 Å². The molecular weight excluding hydrogens is 386 g/mol. The van der Waals surface area contributed by atoms with Crippen molar-refractivity contribution >= 4 is 28.5 Å².